The molecular weight excluding hydrogens is 222 g/mol. The van der Waals surface area contributed by atoms with E-state index in [1.807, 2.05) is 11.4 Å². The molecule has 0 amide bonds. The molecule has 4 heteroatoms. The van der Waals surface area contributed by atoms with Crippen LogP contribution >= 0.6 is 11.3 Å². The van der Waals surface area contributed by atoms with E-state index in [9.17, 15) is 4.79 Å². The number of carbonyl (C=O) groups is 1. The second kappa shape index (κ2) is 4.97. The fraction of sp³-hybridized carbons (Fsp3) is 0.583. The summed E-state index contributed by atoms with van der Waals surface area (Å²) in [7, 11) is 0. The van der Waals surface area contributed by atoms with E-state index >= 15 is 0 Å². The number of thiophene rings is 1. The molecular formula is C12H17NO2S. The molecule has 1 saturated carbocycles. The Hall–Kier alpha value is -0.870. The van der Waals surface area contributed by atoms with E-state index in [-0.39, 0.29) is 0 Å². The second-order valence-electron chi connectivity index (χ2n) is 4.35. The smallest absolute Gasteiger partial charge is 0.346 e. The van der Waals surface area contributed by atoms with E-state index in [0.717, 1.165) is 11.5 Å². The van der Waals surface area contributed by atoms with E-state index in [1.54, 1.807) is 0 Å². The van der Waals surface area contributed by atoms with Crippen molar-refractivity contribution >= 4 is 17.3 Å². The van der Waals surface area contributed by atoms with Crippen molar-refractivity contribution in [3.8, 4) is 0 Å². The molecule has 0 bridgehead atoms. The Morgan fingerprint density at radius 2 is 2.50 bits per heavy atom. The number of nitrogens with one attached hydrogen (secondary N) is 1. The topological polar surface area (TPSA) is 49.3 Å². The third kappa shape index (κ3) is 2.62. The van der Waals surface area contributed by atoms with Crippen molar-refractivity contribution in [1.29, 1.82) is 0 Å². The Balaban J connectivity index is 1.82. The minimum atomic E-state index is -0.812. The fourth-order valence-corrected chi connectivity index (χ4v) is 2.85. The molecule has 0 radical (unpaired) electrons. The van der Waals surface area contributed by atoms with Gasteiger partial charge in [0.25, 0.3) is 0 Å². The van der Waals surface area contributed by atoms with Crippen LogP contribution < -0.4 is 5.32 Å². The van der Waals surface area contributed by atoms with Gasteiger partial charge in [-0.05, 0) is 35.8 Å². The maximum atomic E-state index is 10.9. The van der Waals surface area contributed by atoms with E-state index < -0.39 is 5.97 Å². The molecule has 1 aromatic heterocycles. The first kappa shape index (κ1) is 11.6. The quantitative estimate of drug-likeness (QED) is 0.802. The van der Waals surface area contributed by atoms with E-state index in [2.05, 4.69) is 12.2 Å². The van der Waals surface area contributed by atoms with E-state index in [4.69, 9.17) is 5.11 Å². The average Bonchev–Trinajstić information content (AvgIpc) is 2.80. The van der Waals surface area contributed by atoms with Crippen LogP contribution in [-0.4, -0.2) is 17.1 Å². The first-order valence-electron chi connectivity index (χ1n) is 5.75. The van der Waals surface area contributed by atoms with Gasteiger partial charge in [0.2, 0.25) is 0 Å². The number of carboxylic acids is 1. The lowest BCUT2D eigenvalue weighted by Gasteiger charge is -2.03. The first-order chi connectivity index (χ1) is 7.72. The Morgan fingerprint density at radius 3 is 3.19 bits per heavy atom. The molecule has 3 nitrogen and oxygen atoms in total. The number of aromatic carboxylic acids is 1. The highest BCUT2D eigenvalue weighted by molar-refractivity contribution is 7.12. The molecule has 2 unspecified atom stereocenters. The molecule has 1 aliphatic rings. The molecule has 2 rings (SSSR count). The van der Waals surface area contributed by atoms with Crippen LogP contribution in [0.15, 0.2) is 11.4 Å². The van der Waals surface area contributed by atoms with Gasteiger partial charge in [-0.15, -0.1) is 11.3 Å². The van der Waals surface area contributed by atoms with Gasteiger partial charge >= 0.3 is 5.97 Å². The van der Waals surface area contributed by atoms with Crippen molar-refractivity contribution in [2.45, 2.75) is 38.8 Å². The normalized spacial score (nSPS) is 23.3. The molecule has 1 heterocycles. The van der Waals surface area contributed by atoms with Crippen LogP contribution in [0.2, 0.25) is 0 Å². The minimum Gasteiger partial charge on any atom is -0.477 e. The lowest BCUT2D eigenvalue weighted by Crippen LogP contribution is -2.18. The van der Waals surface area contributed by atoms with Crippen molar-refractivity contribution in [3.05, 3.63) is 21.9 Å². The minimum absolute atomic E-state index is 0.472. The fourth-order valence-electron chi connectivity index (χ4n) is 2.09. The summed E-state index contributed by atoms with van der Waals surface area (Å²) in [6.07, 6.45) is 3.77. The van der Waals surface area contributed by atoms with Gasteiger partial charge < -0.3 is 10.4 Å². The zero-order valence-electron chi connectivity index (χ0n) is 9.40. The molecule has 1 aromatic rings. The zero-order valence-corrected chi connectivity index (χ0v) is 10.2. The highest BCUT2D eigenvalue weighted by Gasteiger charge is 2.35. The molecule has 2 atom stereocenters. The second-order valence-corrected chi connectivity index (χ2v) is 5.27. The highest BCUT2D eigenvalue weighted by Crippen LogP contribution is 2.34. The number of hydrogen-bond acceptors (Lipinski definition) is 3. The van der Waals surface area contributed by atoms with Crippen LogP contribution in [0.25, 0.3) is 0 Å². The molecule has 1 fully saturated rings. The summed E-state index contributed by atoms with van der Waals surface area (Å²) in [5.41, 5.74) is 0.916. The monoisotopic (exact) mass is 239 g/mol. The van der Waals surface area contributed by atoms with Crippen molar-refractivity contribution in [3.63, 3.8) is 0 Å². The molecule has 16 heavy (non-hydrogen) atoms. The summed E-state index contributed by atoms with van der Waals surface area (Å²) in [6, 6.07) is 2.51. The molecule has 0 spiro atoms. The Morgan fingerprint density at radius 1 is 1.69 bits per heavy atom. The standard InChI is InChI=1S/C12H17NO2S/c1-2-3-8-6-10(8)13-7-9-4-5-16-11(9)12(14)15/h4-5,8,10,13H,2-3,6-7H2,1H3,(H,14,15). The van der Waals surface area contributed by atoms with Crippen molar-refractivity contribution < 1.29 is 9.90 Å². The predicted octanol–water partition coefficient (Wildman–Crippen LogP) is 2.72. The first-order valence-corrected chi connectivity index (χ1v) is 6.63. The Labute approximate surface area is 99.5 Å². The van der Waals surface area contributed by atoms with Crippen LogP contribution in [0.5, 0.6) is 0 Å². The zero-order chi connectivity index (χ0) is 11.5. The highest BCUT2D eigenvalue weighted by atomic mass is 32.1. The third-order valence-corrected chi connectivity index (χ3v) is 4.02. The van der Waals surface area contributed by atoms with Crippen molar-refractivity contribution in [2.24, 2.45) is 5.92 Å². The summed E-state index contributed by atoms with van der Waals surface area (Å²) in [6.45, 7) is 2.90. The largest absolute Gasteiger partial charge is 0.477 e. The van der Waals surface area contributed by atoms with Gasteiger partial charge in [0.05, 0.1) is 0 Å². The number of hydrogen-bond donors (Lipinski definition) is 2. The van der Waals surface area contributed by atoms with Crippen LogP contribution in [-0.2, 0) is 6.54 Å². The maximum absolute atomic E-state index is 10.9. The lowest BCUT2D eigenvalue weighted by molar-refractivity contribution is 0.0701. The summed E-state index contributed by atoms with van der Waals surface area (Å²) in [5, 5.41) is 14.2. The van der Waals surface area contributed by atoms with E-state index in [0.29, 0.717) is 17.5 Å². The maximum Gasteiger partial charge on any atom is 0.346 e. The van der Waals surface area contributed by atoms with Gasteiger partial charge in [0.15, 0.2) is 0 Å². The van der Waals surface area contributed by atoms with Gasteiger partial charge in [0, 0.05) is 12.6 Å². The SMILES string of the molecule is CCCC1CC1NCc1ccsc1C(=O)O. The summed E-state index contributed by atoms with van der Waals surface area (Å²) >= 11 is 1.30. The molecule has 0 saturated heterocycles. The molecule has 88 valence electrons. The van der Waals surface area contributed by atoms with Crippen LogP contribution in [0.1, 0.15) is 41.4 Å². The number of rotatable bonds is 6. The van der Waals surface area contributed by atoms with Gasteiger partial charge in [-0.25, -0.2) is 4.79 Å². The predicted molar refractivity (Wildman–Crippen MR) is 64.9 cm³/mol. The van der Waals surface area contributed by atoms with Gasteiger partial charge in [-0.1, -0.05) is 13.3 Å². The average molecular weight is 239 g/mol. The molecule has 1 aliphatic carbocycles. The van der Waals surface area contributed by atoms with Crippen molar-refractivity contribution in [2.75, 3.05) is 0 Å². The lowest BCUT2D eigenvalue weighted by atomic mass is 10.2. The third-order valence-electron chi connectivity index (χ3n) is 3.08. The van der Waals surface area contributed by atoms with E-state index in [1.165, 1.54) is 30.6 Å². The van der Waals surface area contributed by atoms with Gasteiger partial charge in [-0.3, -0.25) is 0 Å². The summed E-state index contributed by atoms with van der Waals surface area (Å²) in [5.74, 6) is 0.00428. The molecule has 0 aromatic carbocycles. The van der Waals surface area contributed by atoms with Crippen LogP contribution in [0, 0.1) is 5.92 Å². The van der Waals surface area contributed by atoms with Gasteiger partial charge in [0.1, 0.15) is 4.88 Å². The van der Waals surface area contributed by atoms with Gasteiger partial charge in [-0.2, -0.15) is 0 Å². The Bertz CT molecular complexity index is 375. The number of carboxylic acid groups (broad SMARTS) is 1. The summed E-state index contributed by atoms with van der Waals surface area (Å²) < 4.78 is 0. The van der Waals surface area contributed by atoms with Crippen LogP contribution in [0.3, 0.4) is 0 Å². The Kier molecular flexibility index (Phi) is 3.61. The summed E-state index contributed by atoms with van der Waals surface area (Å²) in [4.78, 5) is 11.4. The molecule has 0 aliphatic heterocycles. The van der Waals surface area contributed by atoms with Crippen molar-refractivity contribution in [1.82, 2.24) is 5.32 Å². The molecule has 2 N–H and O–H groups in total. The van der Waals surface area contributed by atoms with Crippen LogP contribution in [0.4, 0.5) is 0 Å².